The number of carbonyl (C=O) groups is 3. The first-order chi connectivity index (χ1) is 15.4. The van der Waals surface area contributed by atoms with E-state index in [1.165, 1.54) is 21.3 Å². The summed E-state index contributed by atoms with van der Waals surface area (Å²) in [6, 6.07) is 9.97. The molecule has 0 atom stereocenters. The van der Waals surface area contributed by atoms with Crippen LogP contribution in [0.2, 0.25) is 0 Å². The van der Waals surface area contributed by atoms with E-state index in [4.69, 9.17) is 18.9 Å². The Morgan fingerprint density at radius 3 is 2.28 bits per heavy atom. The Bertz CT molecular complexity index is 1070. The molecule has 32 heavy (non-hydrogen) atoms. The van der Waals surface area contributed by atoms with Gasteiger partial charge in [0, 0.05) is 25.9 Å². The summed E-state index contributed by atoms with van der Waals surface area (Å²) in [5, 5.41) is 0. The zero-order valence-corrected chi connectivity index (χ0v) is 18.3. The van der Waals surface area contributed by atoms with Gasteiger partial charge in [0.2, 0.25) is 5.75 Å². The maximum atomic E-state index is 13.1. The molecule has 0 aliphatic carbocycles. The molecule has 2 heterocycles. The third-order valence-electron chi connectivity index (χ3n) is 6.13. The van der Waals surface area contributed by atoms with Crippen LogP contribution in [0, 0.1) is 0 Å². The summed E-state index contributed by atoms with van der Waals surface area (Å²) >= 11 is 0. The molecule has 1 spiro atoms. The maximum Gasteiger partial charge on any atom is 0.338 e. The van der Waals surface area contributed by atoms with Gasteiger partial charge in [0.1, 0.15) is 5.60 Å². The number of amides is 1. The molecule has 4 rings (SSSR count). The van der Waals surface area contributed by atoms with Crippen molar-refractivity contribution in [3.63, 3.8) is 0 Å². The van der Waals surface area contributed by atoms with E-state index in [1.54, 1.807) is 41.3 Å². The molecule has 0 bridgehead atoms. The highest BCUT2D eigenvalue weighted by atomic mass is 16.5. The van der Waals surface area contributed by atoms with Gasteiger partial charge in [-0.15, -0.1) is 0 Å². The summed E-state index contributed by atoms with van der Waals surface area (Å²) in [5.41, 5.74) is 0.282. The average molecular weight is 439 g/mol. The summed E-state index contributed by atoms with van der Waals surface area (Å²) in [4.78, 5) is 39.8. The van der Waals surface area contributed by atoms with Crippen molar-refractivity contribution >= 4 is 17.7 Å². The van der Waals surface area contributed by atoms with Crippen molar-refractivity contribution < 1.29 is 33.3 Å². The lowest BCUT2D eigenvalue weighted by Crippen LogP contribution is -2.52. The Morgan fingerprint density at radius 1 is 0.969 bits per heavy atom. The number of carbonyl (C=O) groups excluding carboxylic acids is 3. The summed E-state index contributed by atoms with van der Waals surface area (Å²) in [6.45, 7) is 0.784. The number of benzene rings is 2. The third-order valence-corrected chi connectivity index (χ3v) is 6.13. The Morgan fingerprint density at radius 2 is 1.66 bits per heavy atom. The quantitative estimate of drug-likeness (QED) is 0.676. The molecule has 1 amide bonds. The fourth-order valence-electron chi connectivity index (χ4n) is 4.38. The van der Waals surface area contributed by atoms with Gasteiger partial charge in [0.25, 0.3) is 5.91 Å². The number of esters is 1. The lowest BCUT2D eigenvalue weighted by Gasteiger charge is -2.44. The smallest absolute Gasteiger partial charge is 0.338 e. The monoisotopic (exact) mass is 439 g/mol. The summed E-state index contributed by atoms with van der Waals surface area (Å²) in [7, 11) is 4.32. The number of Topliss-reactive ketones (excluding diaryl/α,β-unsaturated/α-hetero) is 1. The van der Waals surface area contributed by atoms with E-state index in [2.05, 4.69) is 0 Å². The number of hydrogen-bond donors (Lipinski definition) is 0. The van der Waals surface area contributed by atoms with Crippen LogP contribution in [-0.2, 0) is 4.74 Å². The first-order valence-corrected chi connectivity index (χ1v) is 10.4. The SMILES string of the molecule is COC(=O)c1ccccc1C(=O)N1CCC2(CC1)CC(=O)c1ccc(OC)c(OC)c1O2. The molecule has 0 unspecified atom stereocenters. The molecular weight excluding hydrogens is 414 g/mol. The molecule has 8 heteroatoms. The normalized spacial score (nSPS) is 16.7. The highest BCUT2D eigenvalue weighted by Gasteiger charge is 2.45. The molecule has 2 aliphatic heterocycles. The van der Waals surface area contributed by atoms with E-state index in [0.29, 0.717) is 54.3 Å². The second-order valence-corrected chi connectivity index (χ2v) is 7.89. The van der Waals surface area contributed by atoms with Crippen molar-refractivity contribution in [3.8, 4) is 17.2 Å². The fourth-order valence-corrected chi connectivity index (χ4v) is 4.38. The van der Waals surface area contributed by atoms with Gasteiger partial charge in [-0.1, -0.05) is 12.1 Å². The van der Waals surface area contributed by atoms with E-state index in [-0.39, 0.29) is 23.7 Å². The van der Waals surface area contributed by atoms with Gasteiger partial charge in [-0.05, 0) is 24.3 Å². The van der Waals surface area contributed by atoms with E-state index in [0.717, 1.165) is 0 Å². The molecule has 1 saturated heterocycles. The molecule has 2 aromatic carbocycles. The average Bonchev–Trinajstić information content (AvgIpc) is 2.82. The fraction of sp³-hybridized carbons (Fsp3) is 0.375. The molecule has 0 N–H and O–H groups in total. The van der Waals surface area contributed by atoms with Crippen LogP contribution in [-0.4, -0.2) is 62.6 Å². The van der Waals surface area contributed by atoms with Crippen LogP contribution >= 0.6 is 0 Å². The van der Waals surface area contributed by atoms with Crippen molar-refractivity contribution in [1.82, 2.24) is 4.90 Å². The minimum atomic E-state index is -0.720. The highest BCUT2D eigenvalue weighted by Crippen LogP contribution is 2.47. The minimum Gasteiger partial charge on any atom is -0.493 e. The molecule has 2 aromatic rings. The number of hydrogen-bond acceptors (Lipinski definition) is 7. The maximum absolute atomic E-state index is 13.1. The van der Waals surface area contributed by atoms with E-state index >= 15 is 0 Å². The molecule has 168 valence electrons. The van der Waals surface area contributed by atoms with Crippen LogP contribution in [0.4, 0.5) is 0 Å². The first kappa shape index (κ1) is 21.7. The van der Waals surface area contributed by atoms with E-state index in [9.17, 15) is 14.4 Å². The number of likely N-dealkylation sites (tertiary alicyclic amines) is 1. The Kier molecular flexibility index (Phi) is 5.78. The topological polar surface area (TPSA) is 91.4 Å². The molecule has 2 aliphatic rings. The van der Waals surface area contributed by atoms with Gasteiger partial charge in [-0.25, -0.2) is 4.79 Å². The molecule has 0 radical (unpaired) electrons. The molecule has 0 saturated carbocycles. The lowest BCUT2D eigenvalue weighted by atomic mass is 9.82. The zero-order valence-electron chi connectivity index (χ0n) is 18.3. The molecule has 1 fully saturated rings. The number of nitrogens with zero attached hydrogens (tertiary/aromatic N) is 1. The number of methoxy groups -OCH3 is 3. The molecule has 0 aromatic heterocycles. The largest absolute Gasteiger partial charge is 0.493 e. The number of rotatable bonds is 4. The lowest BCUT2D eigenvalue weighted by molar-refractivity contribution is -0.00755. The predicted molar refractivity (Wildman–Crippen MR) is 115 cm³/mol. The van der Waals surface area contributed by atoms with Crippen molar-refractivity contribution in [2.45, 2.75) is 24.9 Å². The molecular formula is C24H25NO7. The van der Waals surface area contributed by atoms with Crippen LogP contribution in [0.15, 0.2) is 36.4 Å². The van der Waals surface area contributed by atoms with Gasteiger partial charge in [-0.3, -0.25) is 9.59 Å². The second-order valence-electron chi connectivity index (χ2n) is 7.89. The Labute approximate surface area is 186 Å². The van der Waals surface area contributed by atoms with Gasteiger partial charge < -0.3 is 23.8 Å². The number of ketones is 1. The van der Waals surface area contributed by atoms with Crippen molar-refractivity contribution in [3.05, 3.63) is 53.1 Å². The second kappa shape index (κ2) is 8.53. The Hall–Kier alpha value is -3.55. The van der Waals surface area contributed by atoms with Crippen LogP contribution in [0.1, 0.15) is 50.3 Å². The predicted octanol–water partition coefficient (Wildman–Crippen LogP) is 3.13. The summed E-state index contributed by atoms with van der Waals surface area (Å²) in [6.07, 6.45) is 1.19. The molecule has 8 nitrogen and oxygen atoms in total. The van der Waals surface area contributed by atoms with Crippen LogP contribution < -0.4 is 14.2 Å². The van der Waals surface area contributed by atoms with Crippen molar-refractivity contribution in [1.29, 1.82) is 0 Å². The highest BCUT2D eigenvalue weighted by molar-refractivity contribution is 6.05. The number of piperidine rings is 1. The standard InChI is InChI=1S/C24H25NO7/c1-29-19-9-8-17-18(26)14-24(32-20(17)21(19)30-2)10-12-25(13-11-24)22(27)15-6-4-5-7-16(15)23(28)31-3/h4-9H,10-14H2,1-3H3. The Balaban J connectivity index is 1.55. The van der Waals surface area contributed by atoms with Crippen molar-refractivity contribution in [2.24, 2.45) is 0 Å². The first-order valence-electron chi connectivity index (χ1n) is 10.4. The van der Waals surface area contributed by atoms with Crippen molar-refractivity contribution in [2.75, 3.05) is 34.4 Å². The van der Waals surface area contributed by atoms with Gasteiger partial charge in [0.15, 0.2) is 17.3 Å². The number of fused-ring (bicyclic) bond motifs is 1. The minimum absolute atomic E-state index is 0.0250. The van der Waals surface area contributed by atoms with Gasteiger partial charge >= 0.3 is 5.97 Å². The van der Waals surface area contributed by atoms with Gasteiger partial charge in [0.05, 0.1) is 44.4 Å². The third kappa shape index (κ3) is 3.66. The van der Waals surface area contributed by atoms with Crippen LogP contribution in [0.25, 0.3) is 0 Å². The van der Waals surface area contributed by atoms with E-state index in [1.807, 2.05) is 0 Å². The zero-order chi connectivity index (χ0) is 22.9. The summed E-state index contributed by atoms with van der Waals surface area (Å²) < 4.78 is 22.0. The van der Waals surface area contributed by atoms with Crippen LogP contribution in [0.5, 0.6) is 17.2 Å². The summed E-state index contributed by atoms with van der Waals surface area (Å²) in [5.74, 6) is 0.442. The van der Waals surface area contributed by atoms with Crippen LogP contribution in [0.3, 0.4) is 0 Å². The van der Waals surface area contributed by atoms with E-state index < -0.39 is 11.6 Å². The van der Waals surface area contributed by atoms with Gasteiger partial charge in [-0.2, -0.15) is 0 Å². The number of ether oxygens (including phenoxy) is 4.